The summed E-state index contributed by atoms with van der Waals surface area (Å²) in [5.74, 6) is -0.544. The van der Waals surface area contributed by atoms with Crippen LogP contribution in [0.4, 0.5) is 5.69 Å². The molecule has 0 saturated heterocycles. The molecule has 1 aromatic rings. The fourth-order valence-electron chi connectivity index (χ4n) is 1.54. The van der Waals surface area contributed by atoms with Crippen molar-refractivity contribution < 1.29 is 14.3 Å². The largest absolute Gasteiger partial charge is 0.465 e. The summed E-state index contributed by atoms with van der Waals surface area (Å²) < 4.78 is 4.68. The number of carbonyl (C=O) groups excluding carboxylic acids is 2. The molecule has 1 aromatic carbocycles. The Morgan fingerprint density at radius 3 is 2.67 bits per heavy atom. The number of hydrogen-bond donors (Lipinski definition) is 2. The highest BCUT2D eigenvalue weighted by Crippen LogP contribution is 2.19. The van der Waals surface area contributed by atoms with Crippen molar-refractivity contribution in [1.82, 2.24) is 5.32 Å². The lowest BCUT2D eigenvalue weighted by Crippen LogP contribution is -2.28. The first-order chi connectivity index (χ1) is 8.60. The Labute approximate surface area is 107 Å². The summed E-state index contributed by atoms with van der Waals surface area (Å²) in [6.07, 6.45) is 0. The molecule has 5 heteroatoms. The van der Waals surface area contributed by atoms with Gasteiger partial charge in [-0.3, -0.25) is 4.79 Å². The summed E-state index contributed by atoms with van der Waals surface area (Å²) in [5.41, 5.74) is 1.79. The minimum atomic E-state index is -0.407. The molecule has 1 rings (SSSR count). The average molecular weight is 250 g/mol. The fraction of sp³-hybridized carbons (Fsp3) is 0.385. The van der Waals surface area contributed by atoms with Crippen molar-refractivity contribution >= 4 is 17.6 Å². The lowest BCUT2D eigenvalue weighted by molar-refractivity contribution is -0.115. The number of rotatable bonds is 5. The van der Waals surface area contributed by atoms with Crippen LogP contribution in [-0.2, 0) is 9.53 Å². The van der Waals surface area contributed by atoms with E-state index in [-0.39, 0.29) is 12.5 Å². The lowest BCUT2D eigenvalue weighted by Gasteiger charge is -2.11. The second-order valence-electron chi connectivity index (χ2n) is 3.80. The summed E-state index contributed by atoms with van der Waals surface area (Å²) >= 11 is 0. The van der Waals surface area contributed by atoms with Crippen molar-refractivity contribution in [2.45, 2.75) is 13.8 Å². The molecule has 18 heavy (non-hydrogen) atoms. The zero-order valence-electron chi connectivity index (χ0n) is 10.9. The molecular weight excluding hydrogens is 232 g/mol. The van der Waals surface area contributed by atoms with Crippen LogP contribution < -0.4 is 10.6 Å². The van der Waals surface area contributed by atoms with E-state index in [2.05, 4.69) is 15.4 Å². The third-order valence-corrected chi connectivity index (χ3v) is 2.55. The molecule has 0 spiro atoms. The van der Waals surface area contributed by atoms with Gasteiger partial charge in [0.2, 0.25) is 5.91 Å². The smallest absolute Gasteiger partial charge is 0.338 e. The topological polar surface area (TPSA) is 67.4 Å². The Morgan fingerprint density at radius 1 is 1.33 bits per heavy atom. The van der Waals surface area contributed by atoms with E-state index in [9.17, 15) is 9.59 Å². The van der Waals surface area contributed by atoms with E-state index < -0.39 is 5.97 Å². The van der Waals surface area contributed by atoms with Gasteiger partial charge >= 0.3 is 5.97 Å². The van der Waals surface area contributed by atoms with E-state index in [4.69, 9.17) is 0 Å². The summed E-state index contributed by atoms with van der Waals surface area (Å²) in [5, 5.41) is 5.69. The van der Waals surface area contributed by atoms with Gasteiger partial charge in [-0.2, -0.15) is 0 Å². The molecule has 0 aliphatic rings. The van der Waals surface area contributed by atoms with Crippen LogP contribution in [0.5, 0.6) is 0 Å². The molecule has 0 atom stereocenters. The lowest BCUT2D eigenvalue weighted by atomic mass is 10.1. The zero-order valence-corrected chi connectivity index (χ0v) is 10.9. The van der Waals surface area contributed by atoms with Crippen LogP contribution >= 0.6 is 0 Å². The summed E-state index contributed by atoms with van der Waals surface area (Å²) in [6, 6.07) is 5.13. The third kappa shape index (κ3) is 3.56. The molecule has 0 saturated carbocycles. The molecule has 5 nitrogen and oxygen atoms in total. The van der Waals surface area contributed by atoms with Crippen molar-refractivity contribution in [1.29, 1.82) is 0 Å². The molecule has 0 fully saturated rings. The first kappa shape index (κ1) is 14.2. The van der Waals surface area contributed by atoms with Gasteiger partial charge in [-0.25, -0.2) is 4.79 Å². The minimum absolute atomic E-state index is 0.137. The summed E-state index contributed by atoms with van der Waals surface area (Å²) in [7, 11) is 1.33. The van der Waals surface area contributed by atoms with Gasteiger partial charge < -0.3 is 15.4 Å². The molecule has 0 bridgehead atoms. The van der Waals surface area contributed by atoms with E-state index in [0.717, 1.165) is 6.54 Å². The van der Waals surface area contributed by atoms with E-state index in [1.165, 1.54) is 7.11 Å². The van der Waals surface area contributed by atoms with E-state index in [1.807, 2.05) is 6.92 Å². The molecule has 0 radical (unpaired) electrons. The average Bonchev–Trinajstić information content (AvgIpc) is 2.38. The van der Waals surface area contributed by atoms with Crippen molar-refractivity contribution in [2.75, 3.05) is 25.5 Å². The maximum absolute atomic E-state index is 11.6. The van der Waals surface area contributed by atoms with E-state index in [0.29, 0.717) is 16.8 Å². The van der Waals surface area contributed by atoms with E-state index >= 15 is 0 Å². The fourth-order valence-corrected chi connectivity index (χ4v) is 1.54. The number of methoxy groups -OCH3 is 1. The summed E-state index contributed by atoms with van der Waals surface area (Å²) in [4.78, 5) is 23.1. The Hall–Kier alpha value is -1.88. The highest BCUT2D eigenvalue weighted by molar-refractivity contribution is 5.97. The number of benzene rings is 1. The highest BCUT2D eigenvalue weighted by atomic mass is 16.5. The number of nitrogens with one attached hydrogen (secondary N) is 2. The molecule has 98 valence electrons. The number of likely N-dealkylation sites (N-methyl/N-ethyl adjacent to an activating group) is 1. The molecule has 0 unspecified atom stereocenters. The minimum Gasteiger partial charge on any atom is -0.465 e. The SMILES string of the molecule is CCNCC(=O)Nc1cccc(C(=O)OC)c1C. The normalized spacial score (nSPS) is 9.94. The molecule has 0 aromatic heterocycles. The first-order valence-corrected chi connectivity index (χ1v) is 5.78. The predicted molar refractivity (Wildman–Crippen MR) is 69.7 cm³/mol. The van der Waals surface area contributed by atoms with Crippen molar-refractivity contribution in [2.24, 2.45) is 0 Å². The molecule has 0 aliphatic carbocycles. The van der Waals surface area contributed by atoms with Crippen molar-refractivity contribution in [3.63, 3.8) is 0 Å². The number of anilines is 1. The van der Waals surface area contributed by atoms with Gasteiger partial charge in [0.1, 0.15) is 0 Å². The maximum Gasteiger partial charge on any atom is 0.338 e. The second-order valence-corrected chi connectivity index (χ2v) is 3.80. The molecule has 0 aliphatic heterocycles. The van der Waals surface area contributed by atoms with Gasteiger partial charge in [-0.1, -0.05) is 13.0 Å². The molecular formula is C13H18N2O3. The monoisotopic (exact) mass is 250 g/mol. The first-order valence-electron chi connectivity index (χ1n) is 5.78. The maximum atomic E-state index is 11.6. The highest BCUT2D eigenvalue weighted by Gasteiger charge is 2.12. The van der Waals surface area contributed by atoms with Gasteiger partial charge in [0.15, 0.2) is 0 Å². The van der Waals surface area contributed by atoms with Crippen LogP contribution in [-0.4, -0.2) is 32.1 Å². The van der Waals surface area contributed by atoms with Crippen LogP contribution in [0.25, 0.3) is 0 Å². The van der Waals surface area contributed by atoms with Crippen LogP contribution in [0.1, 0.15) is 22.8 Å². The van der Waals surface area contributed by atoms with Gasteiger partial charge in [-0.05, 0) is 31.2 Å². The molecule has 2 N–H and O–H groups in total. The van der Waals surface area contributed by atoms with E-state index in [1.54, 1.807) is 25.1 Å². The second kappa shape index (κ2) is 6.76. The Kier molecular flexibility index (Phi) is 5.32. The third-order valence-electron chi connectivity index (χ3n) is 2.55. The number of amides is 1. The Bertz CT molecular complexity index is 444. The van der Waals surface area contributed by atoms with Crippen LogP contribution in [0, 0.1) is 6.92 Å². The quantitative estimate of drug-likeness (QED) is 0.774. The number of carbonyl (C=O) groups is 2. The van der Waals surface area contributed by atoms with Crippen LogP contribution in [0.15, 0.2) is 18.2 Å². The van der Waals surface area contributed by atoms with Gasteiger partial charge in [0.05, 0.1) is 19.2 Å². The van der Waals surface area contributed by atoms with Crippen LogP contribution in [0.2, 0.25) is 0 Å². The van der Waals surface area contributed by atoms with Gasteiger partial charge in [0, 0.05) is 5.69 Å². The zero-order chi connectivity index (χ0) is 13.5. The Balaban J connectivity index is 2.84. The summed E-state index contributed by atoms with van der Waals surface area (Å²) in [6.45, 7) is 4.68. The van der Waals surface area contributed by atoms with Gasteiger partial charge in [-0.15, -0.1) is 0 Å². The number of ether oxygens (including phenoxy) is 1. The number of hydrogen-bond acceptors (Lipinski definition) is 4. The molecule has 1 amide bonds. The van der Waals surface area contributed by atoms with Crippen molar-refractivity contribution in [3.8, 4) is 0 Å². The van der Waals surface area contributed by atoms with Gasteiger partial charge in [0.25, 0.3) is 0 Å². The van der Waals surface area contributed by atoms with Crippen molar-refractivity contribution in [3.05, 3.63) is 29.3 Å². The standard InChI is InChI=1S/C13H18N2O3/c1-4-14-8-12(16)15-11-7-5-6-10(9(11)2)13(17)18-3/h5-7,14H,4,8H2,1-3H3,(H,15,16). The Morgan fingerprint density at radius 2 is 2.06 bits per heavy atom. The predicted octanol–water partition coefficient (Wildman–Crippen LogP) is 1.33. The number of esters is 1. The molecule has 0 heterocycles. The van der Waals surface area contributed by atoms with Crippen LogP contribution in [0.3, 0.4) is 0 Å².